The highest BCUT2D eigenvalue weighted by Crippen LogP contribution is 2.27. The highest BCUT2D eigenvalue weighted by atomic mass is 19.4. The lowest BCUT2D eigenvalue weighted by molar-refractivity contribution is -0.141. The van der Waals surface area contributed by atoms with Gasteiger partial charge in [-0.2, -0.15) is 18.3 Å². The van der Waals surface area contributed by atoms with Crippen molar-refractivity contribution in [3.63, 3.8) is 0 Å². The van der Waals surface area contributed by atoms with Crippen molar-refractivity contribution < 1.29 is 13.2 Å². The van der Waals surface area contributed by atoms with Gasteiger partial charge in [-0.15, -0.1) is 0 Å². The van der Waals surface area contributed by atoms with Crippen molar-refractivity contribution in [3.05, 3.63) is 36.0 Å². The molecule has 2 aromatic heterocycles. The van der Waals surface area contributed by atoms with E-state index in [0.717, 1.165) is 17.3 Å². The van der Waals surface area contributed by atoms with Crippen LogP contribution in [0.1, 0.15) is 18.3 Å². The molecule has 2 aromatic rings. The summed E-state index contributed by atoms with van der Waals surface area (Å²) in [6, 6.07) is 0.901. The monoisotopic (exact) mass is 271 g/mol. The summed E-state index contributed by atoms with van der Waals surface area (Å²) in [5, 5.41) is 6.50. The maximum Gasteiger partial charge on any atom is 0.435 e. The molecule has 0 atom stereocenters. The Morgan fingerprint density at radius 2 is 2.11 bits per heavy atom. The minimum Gasteiger partial charge on any atom is -0.311 e. The highest BCUT2D eigenvalue weighted by molar-refractivity contribution is 5.20. The Balaban J connectivity index is 2.24. The molecule has 2 heterocycles. The summed E-state index contributed by atoms with van der Waals surface area (Å²) in [6.45, 7) is 3.22. The predicted molar refractivity (Wildman–Crippen MR) is 61.5 cm³/mol. The van der Waals surface area contributed by atoms with Gasteiger partial charge in [-0.05, 0) is 12.6 Å². The zero-order chi connectivity index (χ0) is 13.9. The first kappa shape index (κ1) is 13.5. The molecule has 0 aromatic carbocycles. The van der Waals surface area contributed by atoms with Crippen molar-refractivity contribution in [2.45, 2.75) is 19.6 Å². The lowest BCUT2D eigenvalue weighted by atomic mass is 10.4. The Kier molecular flexibility index (Phi) is 3.79. The second kappa shape index (κ2) is 5.35. The van der Waals surface area contributed by atoms with Crippen molar-refractivity contribution in [2.24, 2.45) is 0 Å². The number of nitrogens with zero attached hydrogens (tertiary/aromatic N) is 4. The molecule has 0 spiro atoms. The predicted octanol–water partition coefficient (Wildman–Crippen LogP) is 1.79. The summed E-state index contributed by atoms with van der Waals surface area (Å²) in [4.78, 5) is 8.12. The van der Waals surface area contributed by atoms with Gasteiger partial charge in [0.1, 0.15) is 0 Å². The smallest absolute Gasteiger partial charge is 0.311 e. The molecule has 2 rings (SSSR count). The van der Waals surface area contributed by atoms with Gasteiger partial charge in [-0.3, -0.25) is 4.98 Å². The van der Waals surface area contributed by atoms with Gasteiger partial charge in [0.05, 0.1) is 11.9 Å². The molecule has 0 saturated carbocycles. The Morgan fingerprint density at radius 3 is 2.74 bits per heavy atom. The third-order valence-electron chi connectivity index (χ3n) is 2.34. The van der Waals surface area contributed by atoms with E-state index in [1.54, 1.807) is 6.20 Å². The van der Waals surface area contributed by atoms with Crippen LogP contribution < -0.4 is 5.32 Å². The van der Waals surface area contributed by atoms with Crippen molar-refractivity contribution in [2.75, 3.05) is 6.54 Å². The van der Waals surface area contributed by atoms with Gasteiger partial charge >= 0.3 is 6.18 Å². The second-order valence-electron chi connectivity index (χ2n) is 3.79. The van der Waals surface area contributed by atoms with E-state index in [1.807, 2.05) is 6.92 Å². The second-order valence-corrected chi connectivity index (χ2v) is 3.79. The number of rotatable bonds is 4. The number of hydrogen-bond acceptors (Lipinski definition) is 4. The van der Waals surface area contributed by atoms with Gasteiger partial charge in [0, 0.05) is 18.9 Å². The van der Waals surface area contributed by atoms with Crippen LogP contribution in [0.15, 0.2) is 24.7 Å². The molecule has 0 amide bonds. The molecule has 0 fully saturated rings. The standard InChI is InChI=1S/C11H12F3N5/c1-2-15-5-8-6-16-7-10(17-8)19-4-3-9(18-19)11(12,13)14/h3-4,6-7,15H,2,5H2,1H3. The molecule has 0 radical (unpaired) electrons. The van der Waals surface area contributed by atoms with Crippen LogP contribution in [0.4, 0.5) is 13.2 Å². The van der Waals surface area contributed by atoms with Gasteiger partial charge in [0.25, 0.3) is 0 Å². The molecule has 1 N–H and O–H groups in total. The van der Waals surface area contributed by atoms with E-state index < -0.39 is 11.9 Å². The van der Waals surface area contributed by atoms with E-state index in [9.17, 15) is 13.2 Å². The van der Waals surface area contributed by atoms with Gasteiger partial charge in [-0.25, -0.2) is 9.67 Å². The fourth-order valence-electron chi connectivity index (χ4n) is 1.45. The van der Waals surface area contributed by atoms with Crippen molar-refractivity contribution in [1.29, 1.82) is 0 Å². The maximum absolute atomic E-state index is 12.4. The van der Waals surface area contributed by atoms with E-state index in [4.69, 9.17) is 0 Å². The lowest BCUT2D eigenvalue weighted by Gasteiger charge is -2.04. The van der Waals surface area contributed by atoms with E-state index in [-0.39, 0.29) is 5.82 Å². The van der Waals surface area contributed by atoms with Gasteiger partial charge < -0.3 is 5.32 Å². The number of nitrogens with one attached hydrogen (secondary N) is 1. The molecule has 102 valence electrons. The first-order chi connectivity index (χ1) is 9.00. The summed E-state index contributed by atoms with van der Waals surface area (Å²) in [6.07, 6.45) is -0.327. The van der Waals surface area contributed by atoms with Crippen LogP contribution >= 0.6 is 0 Å². The molecule has 5 nitrogen and oxygen atoms in total. The topological polar surface area (TPSA) is 55.6 Å². The SMILES string of the molecule is CCNCc1cncc(-n2ccc(C(F)(F)F)n2)n1. The van der Waals surface area contributed by atoms with Crippen LogP contribution in [0.2, 0.25) is 0 Å². The fraction of sp³-hybridized carbons (Fsp3) is 0.364. The largest absolute Gasteiger partial charge is 0.435 e. The van der Waals surface area contributed by atoms with Crippen molar-refractivity contribution in [1.82, 2.24) is 25.1 Å². The highest BCUT2D eigenvalue weighted by Gasteiger charge is 2.33. The van der Waals surface area contributed by atoms with Crippen LogP contribution in [-0.4, -0.2) is 26.3 Å². The molecule has 0 aliphatic heterocycles. The van der Waals surface area contributed by atoms with E-state index in [0.29, 0.717) is 12.2 Å². The molecular formula is C11H12F3N5. The van der Waals surface area contributed by atoms with Crippen LogP contribution in [0.3, 0.4) is 0 Å². The maximum atomic E-state index is 12.4. The third kappa shape index (κ3) is 3.28. The van der Waals surface area contributed by atoms with E-state index in [1.165, 1.54) is 12.4 Å². The average molecular weight is 271 g/mol. The first-order valence-corrected chi connectivity index (χ1v) is 5.65. The van der Waals surface area contributed by atoms with Crippen molar-refractivity contribution >= 4 is 0 Å². The lowest BCUT2D eigenvalue weighted by Crippen LogP contribution is -2.14. The van der Waals surface area contributed by atoms with E-state index >= 15 is 0 Å². The third-order valence-corrected chi connectivity index (χ3v) is 2.34. The summed E-state index contributed by atoms with van der Waals surface area (Å²) in [5.41, 5.74) is -0.310. The summed E-state index contributed by atoms with van der Waals surface area (Å²) in [7, 11) is 0. The van der Waals surface area contributed by atoms with Crippen LogP contribution in [0.25, 0.3) is 5.82 Å². The van der Waals surface area contributed by atoms with Crippen LogP contribution in [-0.2, 0) is 12.7 Å². The van der Waals surface area contributed by atoms with Crippen LogP contribution in [0.5, 0.6) is 0 Å². The summed E-state index contributed by atoms with van der Waals surface area (Å²) in [5.74, 6) is 0.255. The molecule has 19 heavy (non-hydrogen) atoms. The fourth-order valence-corrected chi connectivity index (χ4v) is 1.45. The normalized spacial score (nSPS) is 11.8. The molecule has 0 unspecified atom stereocenters. The van der Waals surface area contributed by atoms with Gasteiger partial charge in [0.15, 0.2) is 11.5 Å². The number of hydrogen-bond donors (Lipinski definition) is 1. The Bertz CT molecular complexity index is 549. The molecule has 8 heteroatoms. The van der Waals surface area contributed by atoms with Crippen molar-refractivity contribution in [3.8, 4) is 5.82 Å². The summed E-state index contributed by atoms with van der Waals surface area (Å²) < 4.78 is 38.4. The molecular weight excluding hydrogens is 259 g/mol. The first-order valence-electron chi connectivity index (χ1n) is 5.65. The molecule has 0 aliphatic rings. The number of aromatic nitrogens is 4. The number of alkyl halides is 3. The zero-order valence-corrected chi connectivity index (χ0v) is 10.1. The molecule has 0 aliphatic carbocycles. The Labute approximate surface area is 107 Å². The molecule has 0 bridgehead atoms. The minimum absolute atomic E-state index is 0.255. The van der Waals surface area contributed by atoms with Crippen LogP contribution in [0, 0.1) is 0 Å². The summed E-state index contributed by atoms with van der Waals surface area (Å²) >= 11 is 0. The Hall–Kier alpha value is -1.96. The van der Waals surface area contributed by atoms with E-state index in [2.05, 4.69) is 20.4 Å². The molecule has 0 saturated heterocycles. The number of halogens is 3. The zero-order valence-electron chi connectivity index (χ0n) is 10.1. The Morgan fingerprint density at radius 1 is 1.32 bits per heavy atom. The quantitative estimate of drug-likeness (QED) is 0.921. The average Bonchev–Trinajstić information content (AvgIpc) is 2.86. The van der Waals surface area contributed by atoms with Gasteiger partial charge in [-0.1, -0.05) is 6.92 Å². The minimum atomic E-state index is -4.46. The van der Waals surface area contributed by atoms with Gasteiger partial charge in [0.2, 0.25) is 0 Å².